The zero-order chi connectivity index (χ0) is 7.98. The first-order chi connectivity index (χ1) is 4.70. The van der Waals surface area contributed by atoms with Crippen LogP contribution in [0.25, 0.3) is 0 Å². The van der Waals surface area contributed by atoms with Gasteiger partial charge in [0.25, 0.3) is 0 Å². The van der Waals surface area contributed by atoms with Gasteiger partial charge in [-0.05, 0) is 6.42 Å². The second kappa shape index (κ2) is 4.83. The lowest BCUT2D eigenvalue weighted by Gasteiger charge is -2.01. The molecular weight excluding hydrogens is 128 g/mol. The zero-order valence-corrected chi connectivity index (χ0v) is 6.05. The van der Waals surface area contributed by atoms with Crippen molar-refractivity contribution in [3.05, 3.63) is 0 Å². The summed E-state index contributed by atoms with van der Waals surface area (Å²) in [7, 11) is 0. The average molecular weight is 140 g/mol. The van der Waals surface area contributed by atoms with Crippen LogP contribution in [0.1, 0.15) is 19.8 Å². The van der Waals surface area contributed by atoms with Crippen LogP contribution in [0, 0.1) is 18.3 Å². The molecule has 1 amide bonds. The highest BCUT2D eigenvalue weighted by Crippen LogP contribution is 2.02. The Morgan fingerprint density at radius 2 is 2.50 bits per heavy atom. The van der Waals surface area contributed by atoms with Crippen LogP contribution in [0.5, 0.6) is 0 Å². The molecule has 0 aliphatic heterocycles. The van der Waals surface area contributed by atoms with Gasteiger partial charge in [-0.1, -0.05) is 6.92 Å². The molecule has 0 rings (SSSR count). The number of hydrazine groups is 1. The lowest BCUT2D eigenvalue weighted by Crippen LogP contribution is -2.29. The normalized spacial score (nSPS) is 11.7. The molecule has 0 aromatic carbocycles. The molecule has 0 spiro atoms. The molecule has 0 aliphatic carbocycles. The molecule has 1 atom stereocenters. The molecule has 3 heteroatoms. The van der Waals surface area contributed by atoms with E-state index in [1.807, 2.05) is 12.3 Å². The molecule has 10 heavy (non-hydrogen) atoms. The molecule has 0 aliphatic rings. The minimum atomic E-state index is -0.165. The molecule has 0 aromatic rings. The Labute approximate surface area is 60.9 Å². The van der Waals surface area contributed by atoms with Crippen LogP contribution < -0.4 is 11.3 Å². The molecule has 3 nitrogen and oxygen atoms in total. The summed E-state index contributed by atoms with van der Waals surface area (Å²) in [6.45, 7) is 1.89. The SMILES string of the molecule is C#CC(C)CCC(=O)NN. The molecule has 3 N–H and O–H groups in total. The van der Waals surface area contributed by atoms with Crippen LogP contribution in [0.15, 0.2) is 0 Å². The summed E-state index contributed by atoms with van der Waals surface area (Å²) < 4.78 is 0. The number of nitrogens with one attached hydrogen (secondary N) is 1. The van der Waals surface area contributed by atoms with E-state index in [4.69, 9.17) is 12.3 Å². The topological polar surface area (TPSA) is 55.1 Å². The van der Waals surface area contributed by atoms with Crippen LogP contribution >= 0.6 is 0 Å². The van der Waals surface area contributed by atoms with Gasteiger partial charge in [0.2, 0.25) is 5.91 Å². The summed E-state index contributed by atoms with van der Waals surface area (Å²) in [5.74, 6) is 7.36. The summed E-state index contributed by atoms with van der Waals surface area (Å²) >= 11 is 0. The fraction of sp³-hybridized carbons (Fsp3) is 0.571. The molecule has 0 radical (unpaired) electrons. The first-order valence-electron chi connectivity index (χ1n) is 3.16. The molecule has 0 saturated carbocycles. The Morgan fingerprint density at radius 3 is 2.90 bits per heavy atom. The van der Waals surface area contributed by atoms with Gasteiger partial charge in [-0.15, -0.1) is 12.3 Å². The summed E-state index contributed by atoms with van der Waals surface area (Å²) in [6, 6.07) is 0. The van der Waals surface area contributed by atoms with Crippen LogP contribution in [0.2, 0.25) is 0 Å². The van der Waals surface area contributed by atoms with Gasteiger partial charge in [-0.25, -0.2) is 5.84 Å². The van der Waals surface area contributed by atoms with Crippen molar-refractivity contribution in [2.24, 2.45) is 11.8 Å². The minimum Gasteiger partial charge on any atom is -0.294 e. The van der Waals surface area contributed by atoms with Crippen molar-refractivity contribution in [3.63, 3.8) is 0 Å². The van der Waals surface area contributed by atoms with E-state index in [9.17, 15) is 4.79 Å². The predicted octanol–water partition coefficient (Wildman–Crippen LogP) is 0.0258. The highest BCUT2D eigenvalue weighted by atomic mass is 16.2. The summed E-state index contributed by atoms with van der Waals surface area (Å²) in [4.78, 5) is 10.5. The molecule has 0 heterocycles. The van der Waals surface area contributed by atoms with Gasteiger partial charge in [-0.3, -0.25) is 10.2 Å². The summed E-state index contributed by atoms with van der Waals surface area (Å²) in [6.07, 6.45) is 6.19. The fourth-order valence-corrected chi connectivity index (χ4v) is 0.503. The minimum absolute atomic E-state index is 0.150. The van der Waals surface area contributed by atoms with Crippen LogP contribution in [-0.4, -0.2) is 5.91 Å². The van der Waals surface area contributed by atoms with E-state index in [0.717, 1.165) is 0 Å². The molecule has 0 fully saturated rings. The average Bonchev–Trinajstić information content (AvgIpc) is 1.99. The Balaban J connectivity index is 3.37. The highest BCUT2D eigenvalue weighted by Gasteiger charge is 2.01. The smallest absolute Gasteiger partial charge is 0.233 e. The number of carbonyl (C=O) groups is 1. The third kappa shape index (κ3) is 3.93. The molecule has 0 aromatic heterocycles. The van der Waals surface area contributed by atoms with Gasteiger partial charge in [0.1, 0.15) is 0 Å². The standard InChI is InChI=1S/C7H12N2O/c1-3-6(2)4-5-7(10)9-8/h1,6H,4-5,8H2,2H3,(H,9,10). The summed E-state index contributed by atoms with van der Waals surface area (Å²) in [5, 5.41) is 0. The molecule has 1 unspecified atom stereocenters. The maximum absolute atomic E-state index is 10.5. The number of hydrogen-bond acceptors (Lipinski definition) is 2. The van der Waals surface area contributed by atoms with Gasteiger partial charge in [0, 0.05) is 12.3 Å². The molecule has 56 valence electrons. The second-order valence-corrected chi connectivity index (χ2v) is 2.17. The largest absolute Gasteiger partial charge is 0.294 e. The lowest BCUT2D eigenvalue weighted by molar-refractivity contribution is -0.121. The van der Waals surface area contributed by atoms with Crippen molar-refractivity contribution in [1.29, 1.82) is 0 Å². The van der Waals surface area contributed by atoms with Crippen molar-refractivity contribution in [3.8, 4) is 12.3 Å². The third-order valence-electron chi connectivity index (χ3n) is 1.25. The Morgan fingerprint density at radius 1 is 1.90 bits per heavy atom. The van der Waals surface area contributed by atoms with Crippen LogP contribution in [0.4, 0.5) is 0 Å². The van der Waals surface area contributed by atoms with Crippen LogP contribution in [0.3, 0.4) is 0 Å². The van der Waals surface area contributed by atoms with E-state index in [1.165, 1.54) is 0 Å². The number of rotatable bonds is 3. The van der Waals surface area contributed by atoms with Gasteiger partial charge >= 0.3 is 0 Å². The second-order valence-electron chi connectivity index (χ2n) is 2.17. The fourth-order valence-electron chi connectivity index (χ4n) is 0.503. The first-order valence-corrected chi connectivity index (χ1v) is 3.16. The molecule has 0 bridgehead atoms. The lowest BCUT2D eigenvalue weighted by atomic mass is 10.1. The van der Waals surface area contributed by atoms with E-state index in [2.05, 4.69) is 5.92 Å². The van der Waals surface area contributed by atoms with Gasteiger partial charge < -0.3 is 0 Å². The first kappa shape index (κ1) is 8.99. The molecule has 0 saturated heterocycles. The van der Waals surface area contributed by atoms with E-state index >= 15 is 0 Å². The van der Waals surface area contributed by atoms with Crippen molar-refractivity contribution in [2.75, 3.05) is 0 Å². The predicted molar refractivity (Wildman–Crippen MR) is 39.6 cm³/mol. The number of amides is 1. The Bertz CT molecular complexity index is 148. The Kier molecular flexibility index (Phi) is 4.34. The van der Waals surface area contributed by atoms with Gasteiger partial charge in [0.05, 0.1) is 0 Å². The number of nitrogens with two attached hydrogens (primary N) is 1. The van der Waals surface area contributed by atoms with Crippen molar-refractivity contribution in [1.82, 2.24) is 5.43 Å². The van der Waals surface area contributed by atoms with Crippen molar-refractivity contribution >= 4 is 5.91 Å². The Hall–Kier alpha value is -1.01. The maximum Gasteiger partial charge on any atom is 0.233 e. The van der Waals surface area contributed by atoms with Gasteiger partial charge in [-0.2, -0.15) is 0 Å². The third-order valence-corrected chi connectivity index (χ3v) is 1.25. The van der Waals surface area contributed by atoms with E-state index in [0.29, 0.717) is 12.8 Å². The van der Waals surface area contributed by atoms with E-state index in [-0.39, 0.29) is 11.8 Å². The van der Waals surface area contributed by atoms with E-state index in [1.54, 1.807) is 0 Å². The maximum atomic E-state index is 10.5. The van der Waals surface area contributed by atoms with Crippen molar-refractivity contribution < 1.29 is 4.79 Å². The molecular formula is C7H12N2O. The van der Waals surface area contributed by atoms with Gasteiger partial charge in [0.15, 0.2) is 0 Å². The van der Waals surface area contributed by atoms with Crippen LogP contribution in [-0.2, 0) is 4.79 Å². The number of carbonyl (C=O) groups excluding carboxylic acids is 1. The number of terminal acetylenes is 1. The quantitative estimate of drug-likeness (QED) is 0.251. The highest BCUT2D eigenvalue weighted by molar-refractivity contribution is 5.75. The number of hydrogen-bond donors (Lipinski definition) is 2. The summed E-state index contributed by atoms with van der Waals surface area (Å²) in [5.41, 5.74) is 2.04. The van der Waals surface area contributed by atoms with E-state index < -0.39 is 0 Å². The van der Waals surface area contributed by atoms with Crippen molar-refractivity contribution in [2.45, 2.75) is 19.8 Å². The zero-order valence-electron chi connectivity index (χ0n) is 6.05. The monoisotopic (exact) mass is 140 g/mol.